The third-order valence-electron chi connectivity index (χ3n) is 3.99. The fourth-order valence-corrected chi connectivity index (χ4v) is 2.75. The summed E-state index contributed by atoms with van der Waals surface area (Å²) < 4.78 is 8.73. The van der Waals surface area contributed by atoms with Crippen molar-refractivity contribution < 1.29 is 4.74 Å². The molecule has 0 radical (unpaired) electrons. The molecule has 0 unspecified atom stereocenters. The van der Waals surface area contributed by atoms with E-state index in [-0.39, 0.29) is 0 Å². The Hall–Kier alpha value is -3.22. The number of ether oxygens (including phenoxy) is 1. The maximum Gasteiger partial charge on any atom is 0.252 e. The second-order valence-corrected chi connectivity index (χ2v) is 5.59. The number of fused-ring (bicyclic) bond motifs is 1. The van der Waals surface area contributed by atoms with Gasteiger partial charge in [-0.15, -0.1) is 5.10 Å². The summed E-state index contributed by atoms with van der Waals surface area (Å²) in [7, 11) is 3.62. The number of nitrogens with zero attached hydrogens (tertiary/aromatic N) is 6. The lowest BCUT2D eigenvalue weighted by Crippen LogP contribution is -2.01. The third-order valence-corrected chi connectivity index (χ3v) is 3.99. The van der Waals surface area contributed by atoms with Gasteiger partial charge in [-0.05, 0) is 30.7 Å². The maximum absolute atomic E-state index is 5.06. The molecule has 0 amide bonds. The molecule has 120 valence electrons. The highest BCUT2D eigenvalue weighted by molar-refractivity contribution is 5.87. The average molecular weight is 320 g/mol. The van der Waals surface area contributed by atoms with Crippen molar-refractivity contribution in [1.29, 1.82) is 0 Å². The lowest BCUT2D eigenvalue weighted by molar-refractivity contribution is 0.410. The van der Waals surface area contributed by atoms with Gasteiger partial charge in [0.05, 0.1) is 19.5 Å². The van der Waals surface area contributed by atoms with Gasteiger partial charge in [-0.2, -0.15) is 4.68 Å². The number of rotatable bonds is 3. The smallest absolute Gasteiger partial charge is 0.252 e. The van der Waals surface area contributed by atoms with Crippen molar-refractivity contribution in [1.82, 2.24) is 29.3 Å². The minimum absolute atomic E-state index is 0.450. The molecule has 4 aromatic rings. The highest BCUT2D eigenvalue weighted by Gasteiger charge is 2.10. The second kappa shape index (κ2) is 5.45. The summed E-state index contributed by atoms with van der Waals surface area (Å²) in [5.41, 5.74) is 3.38. The molecule has 0 aliphatic carbocycles. The van der Waals surface area contributed by atoms with Crippen molar-refractivity contribution in [2.45, 2.75) is 6.92 Å². The van der Waals surface area contributed by atoms with Crippen LogP contribution in [-0.4, -0.2) is 36.4 Å². The van der Waals surface area contributed by atoms with Crippen LogP contribution in [-0.2, 0) is 7.05 Å². The van der Waals surface area contributed by atoms with Crippen LogP contribution in [0.5, 0.6) is 5.75 Å². The van der Waals surface area contributed by atoms with E-state index in [1.165, 1.54) is 16.5 Å². The lowest BCUT2D eigenvalue weighted by Gasteiger charge is -2.01. The standard InChI is InChI=1S/C17H16N6O/c1-11-9-22(2)15-5-4-12(6-14(11)15)16-20-10-23(21-16)17-18-7-13(24-3)8-19-17/h4-10H,1-3H3. The Morgan fingerprint density at radius 1 is 1.08 bits per heavy atom. The molecule has 4 rings (SSSR count). The zero-order chi connectivity index (χ0) is 16.7. The molecule has 7 nitrogen and oxygen atoms in total. The molecule has 1 aromatic carbocycles. The molecule has 3 aromatic heterocycles. The minimum atomic E-state index is 0.450. The first kappa shape index (κ1) is 14.4. The molecule has 0 aliphatic rings. The first-order valence-corrected chi connectivity index (χ1v) is 7.50. The van der Waals surface area contributed by atoms with E-state index in [0.717, 1.165) is 5.56 Å². The number of benzene rings is 1. The summed E-state index contributed by atoms with van der Waals surface area (Å²) in [4.78, 5) is 12.8. The molecule has 24 heavy (non-hydrogen) atoms. The van der Waals surface area contributed by atoms with Gasteiger partial charge in [0.25, 0.3) is 5.95 Å². The van der Waals surface area contributed by atoms with Crippen LogP contribution < -0.4 is 4.74 Å². The van der Waals surface area contributed by atoms with E-state index in [9.17, 15) is 0 Å². The Bertz CT molecular complexity index is 1020. The van der Waals surface area contributed by atoms with Gasteiger partial charge in [0.2, 0.25) is 0 Å². The summed E-state index contributed by atoms with van der Waals surface area (Å²) in [5, 5.41) is 5.68. The number of aromatic nitrogens is 6. The van der Waals surface area contributed by atoms with Gasteiger partial charge < -0.3 is 9.30 Å². The van der Waals surface area contributed by atoms with Crippen molar-refractivity contribution in [3.8, 4) is 23.1 Å². The molecule has 0 saturated heterocycles. The van der Waals surface area contributed by atoms with Gasteiger partial charge in [0, 0.05) is 29.7 Å². The van der Waals surface area contributed by atoms with Crippen molar-refractivity contribution in [2.24, 2.45) is 7.05 Å². The molecule has 0 saturated carbocycles. The maximum atomic E-state index is 5.06. The number of hydrogen-bond acceptors (Lipinski definition) is 5. The van der Waals surface area contributed by atoms with Crippen LogP contribution in [0.4, 0.5) is 0 Å². The van der Waals surface area contributed by atoms with Gasteiger partial charge in [-0.1, -0.05) is 0 Å². The van der Waals surface area contributed by atoms with E-state index in [2.05, 4.69) is 49.9 Å². The van der Waals surface area contributed by atoms with Crippen LogP contribution in [0.1, 0.15) is 5.56 Å². The van der Waals surface area contributed by atoms with Crippen LogP contribution in [0.25, 0.3) is 28.2 Å². The van der Waals surface area contributed by atoms with Gasteiger partial charge in [-0.25, -0.2) is 15.0 Å². The second-order valence-electron chi connectivity index (χ2n) is 5.59. The summed E-state index contributed by atoms with van der Waals surface area (Å²) in [6.45, 7) is 2.10. The normalized spacial score (nSPS) is 11.1. The molecule has 0 fully saturated rings. The largest absolute Gasteiger partial charge is 0.494 e. The molecule has 7 heteroatoms. The highest BCUT2D eigenvalue weighted by Crippen LogP contribution is 2.25. The SMILES string of the molecule is COc1cnc(-n2cnc(-c3ccc4c(c3)c(C)cn4C)n2)nc1. The first-order chi connectivity index (χ1) is 11.7. The Morgan fingerprint density at radius 2 is 1.88 bits per heavy atom. The van der Waals surface area contributed by atoms with E-state index < -0.39 is 0 Å². The zero-order valence-electron chi connectivity index (χ0n) is 13.6. The van der Waals surface area contributed by atoms with Gasteiger partial charge in [0.15, 0.2) is 11.6 Å². The third kappa shape index (κ3) is 2.30. The van der Waals surface area contributed by atoms with Crippen LogP contribution in [0, 0.1) is 6.92 Å². The Kier molecular flexibility index (Phi) is 3.26. The Labute approximate surface area is 138 Å². The highest BCUT2D eigenvalue weighted by atomic mass is 16.5. The van der Waals surface area contributed by atoms with Gasteiger partial charge in [-0.3, -0.25) is 0 Å². The molecular weight excluding hydrogens is 304 g/mol. The van der Waals surface area contributed by atoms with E-state index in [0.29, 0.717) is 17.5 Å². The van der Waals surface area contributed by atoms with E-state index >= 15 is 0 Å². The quantitative estimate of drug-likeness (QED) is 0.580. The van der Waals surface area contributed by atoms with Gasteiger partial charge in [0.1, 0.15) is 6.33 Å². The fourth-order valence-electron chi connectivity index (χ4n) is 2.75. The molecular formula is C17H16N6O. The number of methoxy groups -OCH3 is 1. The van der Waals surface area contributed by atoms with Crippen molar-refractivity contribution in [2.75, 3.05) is 7.11 Å². The van der Waals surface area contributed by atoms with Gasteiger partial charge >= 0.3 is 0 Å². The van der Waals surface area contributed by atoms with Crippen LogP contribution in [0.15, 0.2) is 43.1 Å². The van der Waals surface area contributed by atoms with E-state index in [1.807, 2.05) is 13.1 Å². The predicted octanol–water partition coefficient (Wildman–Crippen LogP) is 2.53. The molecule has 0 atom stereocenters. The summed E-state index contributed by atoms with van der Waals surface area (Å²) in [5.74, 6) is 1.69. The van der Waals surface area contributed by atoms with E-state index in [4.69, 9.17) is 4.74 Å². The lowest BCUT2D eigenvalue weighted by atomic mass is 10.1. The molecule has 3 heterocycles. The van der Waals surface area contributed by atoms with Crippen molar-refractivity contribution >= 4 is 10.9 Å². The van der Waals surface area contributed by atoms with Crippen LogP contribution in [0.3, 0.4) is 0 Å². The number of aryl methyl sites for hydroxylation is 2. The predicted molar refractivity (Wildman–Crippen MR) is 90.2 cm³/mol. The summed E-state index contributed by atoms with van der Waals surface area (Å²) >= 11 is 0. The van der Waals surface area contributed by atoms with E-state index in [1.54, 1.807) is 30.5 Å². The first-order valence-electron chi connectivity index (χ1n) is 7.50. The van der Waals surface area contributed by atoms with Crippen molar-refractivity contribution in [3.63, 3.8) is 0 Å². The van der Waals surface area contributed by atoms with Crippen LogP contribution >= 0.6 is 0 Å². The number of hydrogen-bond donors (Lipinski definition) is 0. The molecule has 0 spiro atoms. The Morgan fingerprint density at radius 3 is 2.62 bits per heavy atom. The molecule has 0 N–H and O–H groups in total. The summed E-state index contributed by atoms with van der Waals surface area (Å²) in [6, 6.07) is 6.22. The summed E-state index contributed by atoms with van der Waals surface area (Å²) in [6.07, 6.45) is 6.93. The average Bonchev–Trinajstić information content (AvgIpc) is 3.21. The molecule has 0 bridgehead atoms. The monoisotopic (exact) mass is 320 g/mol. The topological polar surface area (TPSA) is 70.7 Å². The minimum Gasteiger partial charge on any atom is -0.494 e. The van der Waals surface area contributed by atoms with Crippen molar-refractivity contribution in [3.05, 3.63) is 48.7 Å². The zero-order valence-corrected chi connectivity index (χ0v) is 13.6. The fraction of sp³-hybridized carbons (Fsp3) is 0.176. The molecule has 0 aliphatic heterocycles. The Balaban J connectivity index is 1.72. The van der Waals surface area contributed by atoms with Crippen LogP contribution in [0.2, 0.25) is 0 Å².